The zero-order valence-corrected chi connectivity index (χ0v) is 9.85. The molecule has 1 aliphatic rings. The van der Waals surface area contributed by atoms with Crippen LogP contribution in [0.25, 0.3) is 0 Å². The second-order valence-corrected chi connectivity index (χ2v) is 4.41. The molecule has 1 unspecified atom stereocenters. The van der Waals surface area contributed by atoms with Crippen LogP contribution < -0.4 is 10.1 Å². The van der Waals surface area contributed by atoms with Crippen LogP contribution in [-0.4, -0.2) is 30.3 Å². The molecule has 4 heteroatoms. The van der Waals surface area contributed by atoms with Gasteiger partial charge in [-0.25, -0.2) is 0 Å². The minimum atomic E-state index is -0.209. The van der Waals surface area contributed by atoms with Crippen LogP contribution in [0.1, 0.15) is 12.5 Å². The molecule has 2 atom stereocenters. The van der Waals surface area contributed by atoms with Crippen molar-refractivity contribution in [3.63, 3.8) is 0 Å². The highest BCUT2D eigenvalue weighted by Gasteiger charge is 2.26. The lowest BCUT2D eigenvalue weighted by atomic mass is 9.96. The van der Waals surface area contributed by atoms with Crippen molar-refractivity contribution in [1.82, 2.24) is 5.32 Å². The predicted octanol–water partition coefficient (Wildman–Crippen LogP) is 0.735. The monoisotopic (exact) mass is 235 g/mol. The van der Waals surface area contributed by atoms with Crippen LogP contribution in [0.2, 0.25) is 0 Å². The third-order valence-corrected chi connectivity index (χ3v) is 2.91. The van der Waals surface area contributed by atoms with Gasteiger partial charge in [-0.3, -0.25) is 4.79 Å². The molecule has 0 aliphatic carbocycles. The summed E-state index contributed by atoms with van der Waals surface area (Å²) in [5, 5.41) is 11.7. The topological polar surface area (TPSA) is 58.6 Å². The molecule has 0 bridgehead atoms. The van der Waals surface area contributed by atoms with Crippen LogP contribution in [0.4, 0.5) is 0 Å². The first-order chi connectivity index (χ1) is 8.20. The van der Waals surface area contributed by atoms with Crippen molar-refractivity contribution in [3.05, 3.63) is 29.8 Å². The zero-order chi connectivity index (χ0) is 12.3. The van der Waals surface area contributed by atoms with Crippen molar-refractivity contribution in [3.8, 4) is 5.75 Å². The number of para-hydroxylation sites is 1. The van der Waals surface area contributed by atoms with E-state index >= 15 is 0 Å². The van der Waals surface area contributed by atoms with Crippen LogP contribution >= 0.6 is 0 Å². The van der Waals surface area contributed by atoms with E-state index in [4.69, 9.17) is 9.84 Å². The van der Waals surface area contributed by atoms with Crippen molar-refractivity contribution in [1.29, 1.82) is 0 Å². The van der Waals surface area contributed by atoms with E-state index in [0.29, 0.717) is 13.0 Å². The maximum absolute atomic E-state index is 11.9. The van der Waals surface area contributed by atoms with E-state index in [0.717, 1.165) is 11.3 Å². The molecule has 0 saturated carbocycles. The number of aliphatic hydroxyl groups is 1. The van der Waals surface area contributed by atoms with E-state index in [9.17, 15) is 4.79 Å². The van der Waals surface area contributed by atoms with Crippen molar-refractivity contribution in [2.45, 2.75) is 19.4 Å². The van der Waals surface area contributed by atoms with Gasteiger partial charge in [0.2, 0.25) is 5.91 Å². The minimum absolute atomic E-state index is 0.0457. The number of ether oxygens (including phenoxy) is 1. The largest absolute Gasteiger partial charge is 0.492 e. The molecule has 0 fully saturated rings. The first kappa shape index (κ1) is 11.9. The second-order valence-electron chi connectivity index (χ2n) is 4.41. The van der Waals surface area contributed by atoms with Crippen LogP contribution in [-0.2, 0) is 11.2 Å². The number of hydrogen-bond acceptors (Lipinski definition) is 3. The number of benzene rings is 1. The summed E-state index contributed by atoms with van der Waals surface area (Å²) in [6, 6.07) is 7.55. The minimum Gasteiger partial charge on any atom is -0.492 e. The normalized spacial score (nSPS) is 20.0. The number of carbonyl (C=O) groups is 1. The fourth-order valence-electron chi connectivity index (χ4n) is 1.90. The average molecular weight is 235 g/mol. The molecule has 92 valence electrons. The van der Waals surface area contributed by atoms with Crippen LogP contribution in [0, 0.1) is 5.92 Å². The molecule has 0 radical (unpaired) electrons. The van der Waals surface area contributed by atoms with E-state index in [1.165, 1.54) is 0 Å². The van der Waals surface area contributed by atoms with Gasteiger partial charge in [-0.1, -0.05) is 18.2 Å². The fourth-order valence-corrected chi connectivity index (χ4v) is 1.90. The first-order valence-electron chi connectivity index (χ1n) is 5.82. The van der Waals surface area contributed by atoms with Gasteiger partial charge < -0.3 is 15.2 Å². The molecule has 1 aromatic rings. The molecule has 1 aliphatic heterocycles. The van der Waals surface area contributed by atoms with Gasteiger partial charge in [-0.05, 0) is 25.0 Å². The summed E-state index contributed by atoms with van der Waals surface area (Å²) in [7, 11) is 0. The van der Waals surface area contributed by atoms with Crippen molar-refractivity contribution in [2.75, 3.05) is 13.2 Å². The number of aliphatic hydroxyl groups excluding tert-OH is 1. The summed E-state index contributed by atoms with van der Waals surface area (Å²) in [4.78, 5) is 11.9. The molecule has 17 heavy (non-hydrogen) atoms. The standard InChI is InChI=1S/C13H17NO3/c1-9(7-15)14-13(16)11-6-10-4-2-3-5-12(10)17-8-11/h2-5,9,11,15H,6-8H2,1H3,(H,14,16)/t9-,11?/m0/s1. The number of rotatable bonds is 3. The Balaban J connectivity index is 2.00. The molecule has 2 N–H and O–H groups in total. The molecule has 0 aromatic heterocycles. The average Bonchev–Trinajstić information content (AvgIpc) is 2.38. The summed E-state index contributed by atoms with van der Waals surface area (Å²) >= 11 is 0. The van der Waals surface area contributed by atoms with E-state index in [-0.39, 0.29) is 24.5 Å². The van der Waals surface area contributed by atoms with E-state index in [1.54, 1.807) is 6.92 Å². The number of fused-ring (bicyclic) bond motifs is 1. The molecule has 4 nitrogen and oxygen atoms in total. The Kier molecular flexibility index (Phi) is 3.64. The summed E-state index contributed by atoms with van der Waals surface area (Å²) in [5.41, 5.74) is 1.07. The lowest BCUT2D eigenvalue weighted by molar-refractivity contribution is -0.127. The second kappa shape index (κ2) is 5.19. The number of hydrogen-bond donors (Lipinski definition) is 2. The van der Waals surface area contributed by atoms with Crippen molar-refractivity contribution in [2.24, 2.45) is 5.92 Å². The Morgan fingerprint density at radius 1 is 1.59 bits per heavy atom. The Morgan fingerprint density at radius 3 is 3.12 bits per heavy atom. The van der Waals surface area contributed by atoms with Gasteiger partial charge in [-0.15, -0.1) is 0 Å². The molecule has 0 spiro atoms. The highest BCUT2D eigenvalue weighted by molar-refractivity contribution is 5.79. The third kappa shape index (κ3) is 2.77. The summed E-state index contributed by atoms with van der Waals surface area (Å²) in [6.45, 7) is 2.13. The SMILES string of the molecule is C[C@@H](CO)NC(=O)C1COc2ccccc2C1. The van der Waals surface area contributed by atoms with E-state index < -0.39 is 0 Å². The molecule has 1 heterocycles. The molecule has 1 amide bonds. The summed E-state index contributed by atoms with van der Waals surface area (Å²) in [6.07, 6.45) is 0.695. The quantitative estimate of drug-likeness (QED) is 0.812. The Bertz CT molecular complexity index is 405. The molecular weight excluding hydrogens is 218 g/mol. The third-order valence-electron chi connectivity index (χ3n) is 2.91. The van der Waals surface area contributed by atoms with Crippen LogP contribution in [0.15, 0.2) is 24.3 Å². The number of nitrogens with one attached hydrogen (secondary N) is 1. The lowest BCUT2D eigenvalue weighted by Gasteiger charge is -2.25. The molecular formula is C13H17NO3. The van der Waals surface area contributed by atoms with Gasteiger partial charge in [0.15, 0.2) is 0 Å². The molecule has 2 rings (SSSR count). The van der Waals surface area contributed by atoms with Crippen LogP contribution in [0.5, 0.6) is 5.75 Å². The highest BCUT2D eigenvalue weighted by Crippen LogP contribution is 2.26. The summed E-state index contributed by atoms with van der Waals surface area (Å²) in [5.74, 6) is 0.645. The van der Waals surface area contributed by atoms with Crippen molar-refractivity contribution < 1.29 is 14.6 Å². The lowest BCUT2D eigenvalue weighted by Crippen LogP contribution is -2.42. The number of amides is 1. The predicted molar refractivity (Wildman–Crippen MR) is 63.8 cm³/mol. The fraction of sp³-hybridized carbons (Fsp3) is 0.462. The molecule has 0 saturated heterocycles. The number of carbonyl (C=O) groups excluding carboxylic acids is 1. The Morgan fingerprint density at radius 2 is 2.35 bits per heavy atom. The van der Waals surface area contributed by atoms with E-state index in [1.807, 2.05) is 24.3 Å². The van der Waals surface area contributed by atoms with Gasteiger partial charge >= 0.3 is 0 Å². The van der Waals surface area contributed by atoms with Gasteiger partial charge in [0.05, 0.1) is 12.5 Å². The van der Waals surface area contributed by atoms with Gasteiger partial charge in [0.1, 0.15) is 12.4 Å². The maximum atomic E-state index is 11.9. The van der Waals surface area contributed by atoms with Crippen molar-refractivity contribution >= 4 is 5.91 Å². The van der Waals surface area contributed by atoms with Gasteiger partial charge in [-0.2, -0.15) is 0 Å². The highest BCUT2D eigenvalue weighted by atomic mass is 16.5. The van der Waals surface area contributed by atoms with E-state index in [2.05, 4.69) is 5.32 Å². The maximum Gasteiger partial charge on any atom is 0.227 e. The van der Waals surface area contributed by atoms with Gasteiger partial charge in [0, 0.05) is 6.04 Å². The smallest absolute Gasteiger partial charge is 0.227 e. The molecule has 1 aromatic carbocycles. The van der Waals surface area contributed by atoms with Crippen LogP contribution in [0.3, 0.4) is 0 Å². The Labute approximate surface area is 101 Å². The summed E-state index contributed by atoms with van der Waals surface area (Å²) < 4.78 is 5.55. The zero-order valence-electron chi connectivity index (χ0n) is 9.85. The Hall–Kier alpha value is -1.55. The van der Waals surface area contributed by atoms with Gasteiger partial charge in [0.25, 0.3) is 0 Å². The first-order valence-corrected chi connectivity index (χ1v) is 5.82.